The maximum absolute atomic E-state index is 5.86. The van der Waals surface area contributed by atoms with Gasteiger partial charge in [0.1, 0.15) is 11.8 Å². The molecule has 5 nitrogen and oxygen atoms in total. The zero-order valence-corrected chi connectivity index (χ0v) is 12.3. The molecule has 1 unspecified atom stereocenters. The molecule has 3 aromatic rings. The number of fused-ring (bicyclic) bond motifs is 1. The maximum Gasteiger partial charge on any atom is 0.103 e. The van der Waals surface area contributed by atoms with E-state index in [4.69, 9.17) is 10.5 Å². The molecule has 1 aliphatic heterocycles. The molecule has 2 aromatic carbocycles. The first-order valence-electron chi connectivity index (χ1n) is 7.63. The van der Waals surface area contributed by atoms with Crippen molar-refractivity contribution in [3.05, 3.63) is 53.9 Å². The molecular weight excluding hydrogens is 276 g/mol. The van der Waals surface area contributed by atoms with E-state index in [1.807, 2.05) is 22.9 Å². The van der Waals surface area contributed by atoms with Gasteiger partial charge in [0, 0.05) is 18.5 Å². The Balaban J connectivity index is 1.93. The minimum absolute atomic E-state index is 0.0347. The summed E-state index contributed by atoms with van der Waals surface area (Å²) in [5, 5.41) is 11.0. The van der Waals surface area contributed by atoms with Crippen LogP contribution in [0.1, 0.15) is 30.3 Å². The van der Waals surface area contributed by atoms with Crippen molar-refractivity contribution in [1.29, 1.82) is 0 Å². The Morgan fingerprint density at radius 3 is 2.86 bits per heavy atom. The second kappa shape index (κ2) is 5.51. The van der Waals surface area contributed by atoms with E-state index in [1.54, 1.807) is 0 Å². The molecular formula is C17H18N4O. The molecule has 0 aliphatic carbocycles. The quantitative estimate of drug-likeness (QED) is 0.806. The van der Waals surface area contributed by atoms with Gasteiger partial charge in [-0.15, -0.1) is 5.10 Å². The molecule has 2 N–H and O–H groups in total. The van der Waals surface area contributed by atoms with E-state index in [0.29, 0.717) is 6.54 Å². The van der Waals surface area contributed by atoms with Crippen LogP contribution in [0.3, 0.4) is 0 Å². The Bertz CT molecular complexity index is 800. The topological polar surface area (TPSA) is 66.0 Å². The first-order valence-corrected chi connectivity index (χ1v) is 7.63. The maximum atomic E-state index is 5.86. The van der Waals surface area contributed by atoms with Crippen LogP contribution in [0.25, 0.3) is 16.5 Å². The SMILES string of the molecule is NCc1nnn(-c2cccc3ccccc23)c1C1CCCO1. The second-order valence-corrected chi connectivity index (χ2v) is 5.54. The molecule has 0 bridgehead atoms. The molecule has 1 aromatic heterocycles. The van der Waals surface area contributed by atoms with Crippen LogP contribution in [0.5, 0.6) is 0 Å². The Hall–Kier alpha value is -2.24. The summed E-state index contributed by atoms with van der Waals surface area (Å²) in [5.74, 6) is 0. The third-order valence-corrected chi connectivity index (χ3v) is 4.20. The molecule has 1 fully saturated rings. The van der Waals surface area contributed by atoms with E-state index >= 15 is 0 Å². The molecule has 4 rings (SSSR count). The van der Waals surface area contributed by atoms with E-state index < -0.39 is 0 Å². The van der Waals surface area contributed by atoms with Crippen LogP contribution < -0.4 is 5.73 Å². The smallest absolute Gasteiger partial charge is 0.103 e. The fourth-order valence-electron chi connectivity index (χ4n) is 3.15. The third kappa shape index (κ3) is 2.10. The minimum atomic E-state index is 0.0347. The van der Waals surface area contributed by atoms with E-state index in [0.717, 1.165) is 41.9 Å². The highest BCUT2D eigenvalue weighted by Gasteiger charge is 2.27. The van der Waals surface area contributed by atoms with Crippen molar-refractivity contribution in [3.8, 4) is 5.69 Å². The highest BCUT2D eigenvalue weighted by molar-refractivity contribution is 5.90. The van der Waals surface area contributed by atoms with Gasteiger partial charge in [0.25, 0.3) is 0 Å². The first-order chi connectivity index (χ1) is 10.9. The van der Waals surface area contributed by atoms with Gasteiger partial charge in [0.2, 0.25) is 0 Å². The number of ether oxygens (including phenoxy) is 1. The number of hydrogen-bond acceptors (Lipinski definition) is 4. The number of nitrogens with zero attached hydrogens (tertiary/aromatic N) is 3. The van der Waals surface area contributed by atoms with Crippen molar-refractivity contribution >= 4 is 10.8 Å². The van der Waals surface area contributed by atoms with Crippen LogP contribution in [-0.2, 0) is 11.3 Å². The number of nitrogens with two attached hydrogens (primary N) is 1. The third-order valence-electron chi connectivity index (χ3n) is 4.20. The summed E-state index contributed by atoms with van der Waals surface area (Å²) in [6.45, 7) is 1.16. The van der Waals surface area contributed by atoms with Crippen molar-refractivity contribution < 1.29 is 4.74 Å². The van der Waals surface area contributed by atoms with Crippen molar-refractivity contribution in [2.24, 2.45) is 5.73 Å². The van der Waals surface area contributed by atoms with E-state index in [1.165, 1.54) is 5.39 Å². The van der Waals surface area contributed by atoms with Crippen molar-refractivity contribution in [2.45, 2.75) is 25.5 Å². The molecule has 5 heteroatoms. The fourth-order valence-corrected chi connectivity index (χ4v) is 3.15. The lowest BCUT2D eigenvalue weighted by molar-refractivity contribution is 0.106. The molecule has 22 heavy (non-hydrogen) atoms. The number of aromatic nitrogens is 3. The fraction of sp³-hybridized carbons (Fsp3) is 0.294. The van der Waals surface area contributed by atoms with Crippen LogP contribution in [-0.4, -0.2) is 21.6 Å². The van der Waals surface area contributed by atoms with Gasteiger partial charge in [-0.05, 0) is 24.3 Å². The van der Waals surface area contributed by atoms with Gasteiger partial charge < -0.3 is 10.5 Å². The average Bonchev–Trinajstić information content (AvgIpc) is 3.23. The molecule has 1 atom stereocenters. The molecule has 0 amide bonds. The van der Waals surface area contributed by atoms with Crippen molar-refractivity contribution in [1.82, 2.24) is 15.0 Å². The van der Waals surface area contributed by atoms with Crippen LogP contribution in [0.15, 0.2) is 42.5 Å². The molecule has 2 heterocycles. The Morgan fingerprint density at radius 1 is 1.18 bits per heavy atom. The Morgan fingerprint density at radius 2 is 2.05 bits per heavy atom. The summed E-state index contributed by atoms with van der Waals surface area (Å²) in [5.41, 5.74) is 8.69. The van der Waals surface area contributed by atoms with Crippen molar-refractivity contribution in [3.63, 3.8) is 0 Å². The minimum Gasteiger partial charge on any atom is -0.372 e. The van der Waals surface area contributed by atoms with Gasteiger partial charge in [-0.3, -0.25) is 0 Å². The number of benzene rings is 2. The predicted molar refractivity (Wildman–Crippen MR) is 84.7 cm³/mol. The predicted octanol–water partition coefficient (Wildman–Crippen LogP) is 2.73. The van der Waals surface area contributed by atoms with Crippen LogP contribution in [0.2, 0.25) is 0 Å². The zero-order valence-electron chi connectivity index (χ0n) is 12.3. The normalized spacial score (nSPS) is 18.1. The zero-order chi connectivity index (χ0) is 14.9. The summed E-state index contributed by atoms with van der Waals surface area (Å²) in [6, 6.07) is 14.5. The highest BCUT2D eigenvalue weighted by atomic mass is 16.5. The lowest BCUT2D eigenvalue weighted by Crippen LogP contribution is -2.11. The molecule has 0 spiro atoms. The largest absolute Gasteiger partial charge is 0.372 e. The summed E-state index contributed by atoms with van der Waals surface area (Å²) in [6.07, 6.45) is 2.09. The number of rotatable bonds is 3. The van der Waals surface area contributed by atoms with Gasteiger partial charge in [0.05, 0.1) is 11.4 Å². The average molecular weight is 294 g/mol. The van der Waals surface area contributed by atoms with Gasteiger partial charge >= 0.3 is 0 Å². The molecule has 112 valence electrons. The van der Waals surface area contributed by atoms with Crippen molar-refractivity contribution in [2.75, 3.05) is 6.61 Å². The van der Waals surface area contributed by atoms with Crippen LogP contribution in [0.4, 0.5) is 0 Å². The molecule has 0 saturated carbocycles. The van der Waals surface area contributed by atoms with Gasteiger partial charge in [0.15, 0.2) is 0 Å². The van der Waals surface area contributed by atoms with Crippen LogP contribution in [0, 0.1) is 0 Å². The lowest BCUT2D eigenvalue weighted by atomic mass is 10.1. The summed E-state index contributed by atoms with van der Waals surface area (Å²) in [4.78, 5) is 0. The van der Waals surface area contributed by atoms with E-state index in [-0.39, 0.29) is 6.10 Å². The molecule has 1 aliphatic rings. The first kappa shape index (κ1) is 13.4. The Labute approximate surface area is 128 Å². The molecule has 1 saturated heterocycles. The highest BCUT2D eigenvalue weighted by Crippen LogP contribution is 2.33. The molecule has 0 radical (unpaired) electrons. The lowest BCUT2D eigenvalue weighted by Gasteiger charge is -2.14. The van der Waals surface area contributed by atoms with E-state index in [9.17, 15) is 0 Å². The summed E-state index contributed by atoms with van der Waals surface area (Å²) < 4.78 is 7.76. The standard InChI is InChI=1S/C17H18N4O/c18-11-14-17(16-9-4-10-22-16)21(20-19-14)15-8-3-6-12-5-1-2-7-13(12)15/h1-3,5-8,16H,4,9-11,18H2. The number of hydrogen-bond donors (Lipinski definition) is 1. The van der Waals surface area contributed by atoms with Gasteiger partial charge in [-0.25, -0.2) is 4.68 Å². The van der Waals surface area contributed by atoms with Gasteiger partial charge in [-0.1, -0.05) is 41.6 Å². The van der Waals surface area contributed by atoms with E-state index in [2.05, 4.69) is 34.6 Å². The summed E-state index contributed by atoms with van der Waals surface area (Å²) >= 11 is 0. The second-order valence-electron chi connectivity index (χ2n) is 5.54. The van der Waals surface area contributed by atoms with Crippen LogP contribution >= 0.6 is 0 Å². The summed E-state index contributed by atoms with van der Waals surface area (Å²) in [7, 11) is 0. The monoisotopic (exact) mass is 294 g/mol. The van der Waals surface area contributed by atoms with Gasteiger partial charge in [-0.2, -0.15) is 0 Å². The Kier molecular flexibility index (Phi) is 3.36.